The number of carbonyl (C=O) groups excluding carboxylic acids is 1. The van der Waals surface area contributed by atoms with Crippen LogP contribution in [0.25, 0.3) is 0 Å². The Labute approximate surface area is 73.4 Å². The summed E-state index contributed by atoms with van der Waals surface area (Å²) in [6.45, 7) is -0.266. The molecule has 6 nitrogen and oxygen atoms in total. The Balaban J connectivity index is 3.64. The maximum Gasteiger partial charge on any atom is 0.331 e. The predicted molar refractivity (Wildman–Crippen MR) is 40.0 cm³/mol. The van der Waals surface area contributed by atoms with Gasteiger partial charge < -0.3 is 14.9 Å². The van der Waals surface area contributed by atoms with Crippen LogP contribution < -0.4 is 0 Å². The number of esters is 1. The maximum atomic E-state index is 10.6. The van der Waals surface area contributed by atoms with E-state index < -0.39 is 17.9 Å². The number of hydrogen-bond donors (Lipinski definition) is 2. The molecule has 0 heterocycles. The first-order chi connectivity index (χ1) is 6.02. The van der Waals surface area contributed by atoms with Crippen molar-refractivity contribution in [2.75, 3.05) is 6.61 Å². The van der Waals surface area contributed by atoms with Gasteiger partial charge in [0, 0.05) is 12.2 Å². The molecule has 0 aliphatic rings. The SMILES string of the molecule is O=C(O)C=CC(=O)OCCC(=O)O. The van der Waals surface area contributed by atoms with Crippen LogP contribution in [0.1, 0.15) is 6.42 Å². The van der Waals surface area contributed by atoms with Gasteiger partial charge in [0.05, 0.1) is 6.42 Å². The van der Waals surface area contributed by atoms with Crippen LogP contribution in [0.5, 0.6) is 0 Å². The lowest BCUT2D eigenvalue weighted by molar-refractivity contribution is -0.143. The quantitative estimate of drug-likeness (QED) is 0.451. The summed E-state index contributed by atoms with van der Waals surface area (Å²) in [5.74, 6) is -3.23. The summed E-state index contributed by atoms with van der Waals surface area (Å²) in [4.78, 5) is 30.4. The van der Waals surface area contributed by atoms with Gasteiger partial charge in [-0.05, 0) is 0 Å². The predicted octanol–water partition coefficient (Wildman–Crippen LogP) is -0.355. The number of carboxylic acids is 2. The molecule has 0 unspecified atom stereocenters. The minimum absolute atomic E-state index is 0.266. The van der Waals surface area contributed by atoms with Gasteiger partial charge in [0.25, 0.3) is 0 Å². The lowest BCUT2D eigenvalue weighted by Gasteiger charge is -1.96. The number of ether oxygens (including phenoxy) is 1. The fraction of sp³-hybridized carbons (Fsp3) is 0.286. The molecule has 0 aromatic heterocycles. The number of aliphatic carboxylic acids is 2. The summed E-state index contributed by atoms with van der Waals surface area (Å²) in [5.41, 5.74) is 0. The van der Waals surface area contributed by atoms with Gasteiger partial charge in [-0.1, -0.05) is 0 Å². The lowest BCUT2D eigenvalue weighted by Crippen LogP contribution is -2.07. The second-order valence-electron chi connectivity index (χ2n) is 1.98. The normalized spacial score (nSPS) is 9.85. The van der Waals surface area contributed by atoms with E-state index in [1.807, 2.05) is 0 Å². The minimum Gasteiger partial charge on any atom is -0.481 e. The maximum absolute atomic E-state index is 10.6. The van der Waals surface area contributed by atoms with Crippen LogP contribution in [0.4, 0.5) is 0 Å². The molecular weight excluding hydrogens is 180 g/mol. The molecule has 72 valence electrons. The molecule has 2 N–H and O–H groups in total. The van der Waals surface area contributed by atoms with Gasteiger partial charge in [0.15, 0.2) is 0 Å². The Kier molecular flexibility index (Phi) is 4.94. The van der Waals surface area contributed by atoms with E-state index in [9.17, 15) is 14.4 Å². The van der Waals surface area contributed by atoms with E-state index >= 15 is 0 Å². The van der Waals surface area contributed by atoms with E-state index in [1.165, 1.54) is 0 Å². The molecule has 0 aromatic rings. The van der Waals surface area contributed by atoms with Gasteiger partial charge >= 0.3 is 17.9 Å². The molecule has 0 fully saturated rings. The van der Waals surface area contributed by atoms with Crippen molar-refractivity contribution in [3.8, 4) is 0 Å². The van der Waals surface area contributed by atoms with Crippen molar-refractivity contribution in [2.45, 2.75) is 6.42 Å². The lowest BCUT2D eigenvalue weighted by atomic mass is 10.4. The number of hydrogen-bond acceptors (Lipinski definition) is 4. The molecule has 0 amide bonds. The third-order valence-electron chi connectivity index (χ3n) is 0.922. The zero-order chi connectivity index (χ0) is 10.3. The molecule has 13 heavy (non-hydrogen) atoms. The first-order valence-corrected chi connectivity index (χ1v) is 3.32. The first-order valence-electron chi connectivity index (χ1n) is 3.32. The molecule has 6 heteroatoms. The number of carbonyl (C=O) groups is 3. The van der Waals surface area contributed by atoms with Crippen molar-refractivity contribution < 1.29 is 29.3 Å². The summed E-state index contributed by atoms with van der Waals surface area (Å²) in [6, 6.07) is 0. The van der Waals surface area contributed by atoms with Crippen LogP contribution in [0, 0.1) is 0 Å². The molecular formula is C7H8O6. The second kappa shape index (κ2) is 5.76. The Morgan fingerprint density at radius 3 is 2.23 bits per heavy atom. The fourth-order valence-electron chi connectivity index (χ4n) is 0.426. The third kappa shape index (κ3) is 8.05. The van der Waals surface area contributed by atoms with Gasteiger partial charge in [0.1, 0.15) is 6.61 Å². The Bertz CT molecular complexity index is 241. The van der Waals surface area contributed by atoms with Crippen LogP contribution in [0.15, 0.2) is 12.2 Å². The molecule has 0 aliphatic heterocycles. The van der Waals surface area contributed by atoms with Gasteiger partial charge in [-0.3, -0.25) is 4.79 Å². The second-order valence-corrected chi connectivity index (χ2v) is 1.98. The van der Waals surface area contributed by atoms with Crippen LogP contribution in [-0.4, -0.2) is 34.7 Å². The van der Waals surface area contributed by atoms with E-state index in [4.69, 9.17) is 10.2 Å². The molecule has 0 spiro atoms. The Hall–Kier alpha value is -1.85. The summed E-state index contributed by atoms with van der Waals surface area (Å²) in [6.07, 6.45) is 1.03. The Morgan fingerprint density at radius 1 is 1.15 bits per heavy atom. The summed E-state index contributed by atoms with van der Waals surface area (Å²) < 4.78 is 4.33. The number of carboxylic acid groups (broad SMARTS) is 2. The zero-order valence-electron chi connectivity index (χ0n) is 6.60. The van der Waals surface area contributed by atoms with Crippen molar-refractivity contribution in [3.05, 3.63) is 12.2 Å². The summed E-state index contributed by atoms with van der Waals surface area (Å²) >= 11 is 0. The highest BCUT2D eigenvalue weighted by molar-refractivity contribution is 5.90. The minimum atomic E-state index is -1.27. The van der Waals surface area contributed by atoms with Crippen LogP contribution in [-0.2, 0) is 19.1 Å². The first kappa shape index (κ1) is 11.2. The molecule has 0 atom stereocenters. The van der Waals surface area contributed by atoms with E-state index in [0.717, 1.165) is 0 Å². The van der Waals surface area contributed by atoms with Crippen LogP contribution in [0.3, 0.4) is 0 Å². The van der Waals surface area contributed by atoms with Crippen molar-refractivity contribution in [3.63, 3.8) is 0 Å². The molecule has 0 radical (unpaired) electrons. The molecule has 0 bridgehead atoms. The smallest absolute Gasteiger partial charge is 0.331 e. The van der Waals surface area contributed by atoms with Crippen molar-refractivity contribution in [1.29, 1.82) is 0 Å². The van der Waals surface area contributed by atoms with Gasteiger partial charge in [-0.2, -0.15) is 0 Å². The van der Waals surface area contributed by atoms with E-state index in [0.29, 0.717) is 12.2 Å². The van der Waals surface area contributed by atoms with Gasteiger partial charge in [-0.25, -0.2) is 9.59 Å². The third-order valence-corrected chi connectivity index (χ3v) is 0.922. The average Bonchev–Trinajstić information content (AvgIpc) is 2.00. The van der Waals surface area contributed by atoms with E-state index in [2.05, 4.69) is 4.74 Å². The highest BCUT2D eigenvalue weighted by atomic mass is 16.5. The average molecular weight is 188 g/mol. The van der Waals surface area contributed by atoms with Crippen LogP contribution in [0.2, 0.25) is 0 Å². The molecule has 0 aromatic carbocycles. The highest BCUT2D eigenvalue weighted by Gasteiger charge is 2.00. The van der Waals surface area contributed by atoms with E-state index in [1.54, 1.807) is 0 Å². The molecule has 0 saturated carbocycles. The van der Waals surface area contributed by atoms with E-state index in [-0.39, 0.29) is 13.0 Å². The van der Waals surface area contributed by atoms with Crippen molar-refractivity contribution in [2.24, 2.45) is 0 Å². The summed E-state index contributed by atoms with van der Waals surface area (Å²) in [7, 11) is 0. The molecule has 0 saturated heterocycles. The highest BCUT2D eigenvalue weighted by Crippen LogP contribution is 1.86. The fourth-order valence-corrected chi connectivity index (χ4v) is 0.426. The van der Waals surface area contributed by atoms with Crippen LogP contribution >= 0.6 is 0 Å². The monoisotopic (exact) mass is 188 g/mol. The van der Waals surface area contributed by atoms with Gasteiger partial charge in [-0.15, -0.1) is 0 Å². The topological polar surface area (TPSA) is 101 Å². The standard InChI is InChI=1S/C7H8O6/c8-5(9)1-2-7(12)13-4-3-6(10)11/h1-2H,3-4H2,(H,8,9)(H,10,11). The van der Waals surface area contributed by atoms with Gasteiger partial charge in [0.2, 0.25) is 0 Å². The molecule has 0 rings (SSSR count). The van der Waals surface area contributed by atoms with Crippen molar-refractivity contribution in [1.82, 2.24) is 0 Å². The number of rotatable bonds is 5. The zero-order valence-corrected chi connectivity index (χ0v) is 6.60. The summed E-state index contributed by atoms with van der Waals surface area (Å²) in [5, 5.41) is 16.2. The largest absolute Gasteiger partial charge is 0.481 e. The Morgan fingerprint density at radius 2 is 1.77 bits per heavy atom. The molecule has 0 aliphatic carbocycles. The van der Waals surface area contributed by atoms with Crippen molar-refractivity contribution >= 4 is 17.9 Å².